The summed E-state index contributed by atoms with van der Waals surface area (Å²) >= 11 is 0. The molecule has 8 heteroatoms. The Bertz CT molecular complexity index is 1500. The van der Waals surface area contributed by atoms with Crippen molar-refractivity contribution in [3.8, 4) is 22.5 Å². The second-order valence-electron chi connectivity index (χ2n) is 7.96. The van der Waals surface area contributed by atoms with Gasteiger partial charge in [0.15, 0.2) is 0 Å². The minimum absolute atomic E-state index is 0.167. The van der Waals surface area contributed by atoms with E-state index in [0.717, 1.165) is 22.4 Å². The van der Waals surface area contributed by atoms with E-state index in [1.807, 2.05) is 24.3 Å². The van der Waals surface area contributed by atoms with Crippen molar-refractivity contribution >= 4 is 17.6 Å². The molecule has 0 spiro atoms. The molecule has 5 rings (SSSR count). The van der Waals surface area contributed by atoms with Crippen LogP contribution in [-0.2, 0) is 27.1 Å². The van der Waals surface area contributed by atoms with Gasteiger partial charge in [0.05, 0.1) is 42.3 Å². The van der Waals surface area contributed by atoms with Crippen molar-refractivity contribution in [3.63, 3.8) is 0 Å². The number of rotatable bonds is 6. The number of hydrogen-bond acceptors (Lipinski definition) is 6. The maximum Gasteiger partial charge on any atom is 0.338 e. The van der Waals surface area contributed by atoms with Gasteiger partial charge in [-0.15, -0.1) is 0 Å². The molecular weight excluding hydrogens is 434 g/mol. The normalized spacial score (nSPS) is 11.8. The number of aromatic nitrogens is 3. The second kappa shape index (κ2) is 8.62. The SMILES string of the molecule is CCOC(=O)Cc1cccc2c1Cc1c-2[nH]c(=O)c2nc(-c3ccccc3C(=O)OCC)cn12. The van der Waals surface area contributed by atoms with Crippen LogP contribution in [0.15, 0.2) is 53.5 Å². The largest absolute Gasteiger partial charge is 0.466 e. The van der Waals surface area contributed by atoms with Gasteiger partial charge in [-0.3, -0.25) is 14.0 Å². The van der Waals surface area contributed by atoms with E-state index in [4.69, 9.17) is 9.47 Å². The number of imidazole rings is 1. The van der Waals surface area contributed by atoms with Gasteiger partial charge in [-0.2, -0.15) is 0 Å². The van der Waals surface area contributed by atoms with E-state index in [-0.39, 0.29) is 30.2 Å². The highest BCUT2D eigenvalue weighted by molar-refractivity contribution is 5.97. The standard InChI is InChI=1S/C26H23N3O5/c1-3-33-22(30)12-15-8-7-11-17-19(15)13-21-23(17)28-25(31)24-27-20(14-29(21)24)16-9-5-6-10-18(16)26(32)34-4-2/h5-11,14H,3-4,12-13H2,1-2H3,(H,28,31). The molecule has 0 fully saturated rings. The average Bonchev–Trinajstić information content (AvgIpc) is 3.43. The van der Waals surface area contributed by atoms with Crippen molar-refractivity contribution in [2.45, 2.75) is 26.7 Å². The smallest absolute Gasteiger partial charge is 0.338 e. The molecule has 1 N–H and O–H groups in total. The van der Waals surface area contributed by atoms with Crippen molar-refractivity contribution < 1.29 is 19.1 Å². The average molecular weight is 457 g/mol. The quantitative estimate of drug-likeness (QED) is 0.391. The van der Waals surface area contributed by atoms with Crippen LogP contribution in [0.25, 0.3) is 28.2 Å². The molecule has 0 atom stereocenters. The molecule has 2 heterocycles. The number of fused-ring (bicyclic) bond motifs is 5. The molecule has 34 heavy (non-hydrogen) atoms. The molecule has 1 aliphatic rings. The first kappa shape index (κ1) is 21.6. The molecule has 8 nitrogen and oxygen atoms in total. The number of carbonyl (C=O) groups excluding carboxylic acids is 2. The van der Waals surface area contributed by atoms with Gasteiger partial charge >= 0.3 is 11.9 Å². The van der Waals surface area contributed by atoms with Crippen LogP contribution in [0, 0.1) is 0 Å². The van der Waals surface area contributed by atoms with Crippen LogP contribution in [0.1, 0.15) is 41.0 Å². The molecule has 0 bridgehead atoms. The van der Waals surface area contributed by atoms with Crippen LogP contribution >= 0.6 is 0 Å². The number of hydrogen-bond donors (Lipinski definition) is 1. The zero-order valence-corrected chi connectivity index (χ0v) is 18.9. The van der Waals surface area contributed by atoms with Crippen molar-refractivity contribution in [1.82, 2.24) is 14.4 Å². The van der Waals surface area contributed by atoms with Crippen molar-refractivity contribution in [2.24, 2.45) is 0 Å². The third-order valence-electron chi connectivity index (χ3n) is 5.95. The van der Waals surface area contributed by atoms with Crippen LogP contribution in [0.3, 0.4) is 0 Å². The number of ether oxygens (including phenoxy) is 2. The van der Waals surface area contributed by atoms with Crippen LogP contribution in [0.4, 0.5) is 0 Å². The van der Waals surface area contributed by atoms with Gasteiger partial charge in [0, 0.05) is 23.7 Å². The lowest BCUT2D eigenvalue weighted by Crippen LogP contribution is -2.13. The number of nitrogens with zero attached hydrogens (tertiary/aromatic N) is 2. The van der Waals surface area contributed by atoms with Gasteiger partial charge in [-0.1, -0.05) is 36.4 Å². The first-order valence-electron chi connectivity index (χ1n) is 11.2. The van der Waals surface area contributed by atoms with Gasteiger partial charge in [-0.05, 0) is 31.0 Å². The Kier molecular flexibility index (Phi) is 5.49. The third kappa shape index (κ3) is 3.57. The summed E-state index contributed by atoms with van der Waals surface area (Å²) in [5.41, 5.74) is 5.72. The van der Waals surface area contributed by atoms with Gasteiger partial charge < -0.3 is 14.5 Å². The first-order chi connectivity index (χ1) is 16.5. The summed E-state index contributed by atoms with van der Waals surface area (Å²) < 4.78 is 12.1. The summed E-state index contributed by atoms with van der Waals surface area (Å²) in [7, 11) is 0. The Morgan fingerprint density at radius 2 is 1.79 bits per heavy atom. The van der Waals surface area contributed by atoms with E-state index >= 15 is 0 Å². The van der Waals surface area contributed by atoms with Crippen molar-refractivity contribution in [2.75, 3.05) is 13.2 Å². The van der Waals surface area contributed by atoms with Crippen molar-refractivity contribution in [3.05, 3.63) is 81.4 Å². The van der Waals surface area contributed by atoms with Gasteiger partial charge in [0.25, 0.3) is 5.56 Å². The van der Waals surface area contributed by atoms with Gasteiger partial charge in [-0.25, -0.2) is 9.78 Å². The number of nitrogens with one attached hydrogen (secondary N) is 1. The highest BCUT2D eigenvalue weighted by Gasteiger charge is 2.27. The summed E-state index contributed by atoms with van der Waals surface area (Å²) in [4.78, 5) is 45.1. The molecule has 0 radical (unpaired) electrons. The minimum atomic E-state index is -0.440. The monoisotopic (exact) mass is 457 g/mol. The Balaban J connectivity index is 1.62. The molecule has 0 unspecified atom stereocenters. The maximum absolute atomic E-state index is 13.0. The lowest BCUT2D eigenvalue weighted by atomic mass is 10.0. The molecule has 0 aliphatic heterocycles. The molecule has 1 aliphatic carbocycles. The van der Waals surface area contributed by atoms with Gasteiger partial charge in [0.1, 0.15) is 0 Å². The molecule has 0 saturated heterocycles. The van der Waals surface area contributed by atoms with Crippen molar-refractivity contribution in [1.29, 1.82) is 0 Å². The fraction of sp³-hybridized carbons (Fsp3) is 0.231. The third-order valence-corrected chi connectivity index (χ3v) is 5.95. The summed E-state index contributed by atoms with van der Waals surface area (Å²) in [5, 5.41) is 0. The van der Waals surface area contributed by atoms with E-state index in [0.29, 0.717) is 35.5 Å². The predicted molar refractivity (Wildman–Crippen MR) is 126 cm³/mol. The highest BCUT2D eigenvalue weighted by Crippen LogP contribution is 2.37. The number of esters is 2. The summed E-state index contributed by atoms with van der Waals surface area (Å²) in [6, 6.07) is 12.8. The number of aromatic amines is 1. The molecule has 0 amide bonds. The predicted octanol–water partition coefficient (Wildman–Crippen LogP) is 3.54. The Morgan fingerprint density at radius 3 is 2.59 bits per heavy atom. The van der Waals surface area contributed by atoms with Crippen LogP contribution in [-0.4, -0.2) is 39.5 Å². The van der Waals surface area contributed by atoms with Gasteiger partial charge in [0.2, 0.25) is 5.65 Å². The number of carbonyl (C=O) groups is 2. The number of benzene rings is 2. The molecule has 2 aromatic heterocycles. The van der Waals surface area contributed by atoms with E-state index in [1.165, 1.54) is 0 Å². The Labute approximate surface area is 195 Å². The van der Waals surface area contributed by atoms with E-state index < -0.39 is 5.97 Å². The molecular formula is C26H23N3O5. The van der Waals surface area contributed by atoms with Crippen LogP contribution < -0.4 is 5.56 Å². The summed E-state index contributed by atoms with van der Waals surface area (Å²) in [6.45, 7) is 4.12. The van der Waals surface area contributed by atoms with E-state index in [9.17, 15) is 14.4 Å². The van der Waals surface area contributed by atoms with Crippen LogP contribution in [0.5, 0.6) is 0 Å². The fourth-order valence-electron chi connectivity index (χ4n) is 4.51. The molecule has 4 aromatic rings. The fourth-order valence-corrected chi connectivity index (χ4v) is 4.51. The van der Waals surface area contributed by atoms with E-state index in [1.54, 1.807) is 42.6 Å². The maximum atomic E-state index is 13.0. The Hall–Kier alpha value is -4.20. The molecule has 2 aromatic carbocycles. The Morgan fingerprint density at radius 1 is 1.03 bits per heavy atom. The summed E-state index contributed by atoms with van der Waals surface area (Å²) in [5.74, 6) is -0.726. The first-order valence-corrected chi connectivity index (χ1v) is 11.2. The minimum Gasteiger partial charge on any atom is -0.466 e. The topological polar surface area (TPSA) is 103 Å². The van der Waals surface area contributed by atoms with Crippen LogP contribution in [0.2, 0.25) is 0 Å². The lowest BCUT2D eigenvalue weighted by Gasteiger charge is -2.07. The van der Waals surface area contributed by atoms with E-state index in [2.05, 4.69) is 9.97 Å². The highest BCUT2D eigenvalue weighted by atomic mass is 16.5. The zero-order chi connectivity index (χ0) is 23.8. The molecule has 0 saturated carbocycles. The molecule has 172 valence electrons. The second-order valence-corrected chi connectivity index (χ2v) is 7.96. The summed E-state index contributed by atoms with van der Waals surface area (Å²) in [6.07, 6.45) is 2.47. The lowest BCUT2D eigenvalue weighted by molar-refractivity contribution is -0.142. The zero-order valence-electron chi connectivity index (χ0n) is 18.9. The number of H-pyrrole nitrogens is 1.